The Bertz CT molecular complexity index is 1050. The van der Waals surface area contributed by atoms with Gasteiger partial charge in [0.25, 0.3) is 0 Å². The lowest BCUT2D eigenvalue weighted by Gasteiger charge is -2.13. The molecule has 0 radical (unpaired) electrons. The molecule has 0 aromatic carbocycles. The summed E-state index contributed by atoms with van der Waals surface area (Å²) in [7, 11) is 1.71. The Kier molecular flexibility index (Phi) is 6.39. The number of thioether (sulfide) groups is 1. The molecule has 0 fully saturated rings. The highest BCUT2D eigenvalue weighted by Gasteiger charge is 2.31. The summed E-state index contributed by atoms with van der Waals surface area (Å²) in [5.74, 6) is 0.0388. The fourth-order valence-corrected chi connectivity index (χ4v) is 3.43. The van der Waals surface area contributed by atoms with Gasteiger partial charge >= 0.3 is 6.18 Å². The van der Waals surface area contributed by atoms with Crippen LogP contribution in [0.2, 0.25) is 0 Å². The van der Waals surface area contributed by atoms with Gasteiger partial charge in [-0.15, -0.1) is 10.2 Å². The Morgan fingerprint density at radius 1 is 1.16 bits per heavy atom. The minimum Gasteiger partial charge on any atom is -0.310 e. The van der Waals surface area contributed by atoms with Gasteiger partial charge in [-0.3, -0.25) is 19.0 Å². The van der Waals surface area contributed by atoms with Gasteiger partial charge in [0.15, 0.2) is 11.0 Å². The average Bonchev–Trinajstić information content (AvgIpc) is 3.23. The number of amides is 1. The number of aryl methyl sites for hydroxylation is 1. The SMILES string of the molecule is Cn1nc(C(C)(C)C)cc1NC(=O)CSc1nnc(-c2ccncc2)n1CC(F)(F)F. The van der Waals surface area contributed by atoms with Crippen LogP contribution < -0.4 is 5.32 Å². The Balaban J connectivity index is 1.75. The van der Waals surface area contributed by atoms with Crippen molar-refractivity contribution in [2.24, 2.45) is 7.05 Å². The molecule has 0 saturated heterocycles. The number of alkyl halides is 3. The molecule has 3 heterocycles. The summed E-state index contributed by atoms with van der Waals surface area (Å²) in [5.41, 5.74) is 1.07. The van der Waals surface area contributed by atoms with Crippen LogP contribution in [-0.2, 0) is 23.8 Å². The number of hydrogen-bond acceptors (Lipinski definition) is 6. The van der Waals surface area contributed by atoms with Crippen molar-refractivity contribution in [2.75, 3.05) is 11.1 Å². The van der Waals surface area contributed by atoms with Crippen molar-refractivity contribution in [2.45, 2.75) is 44.1 Å². The van der Waals surface area contributed by atoms with Gasteiger partial charge in [-0.1, -0.05) is 32.5 Å². The molecule has 0 bridgehead atoms. The second-order valence-electron chi connectivity index (χ2n) is 7.87. The number of aromatic nitrogens is 6. The maximum atomic E-state index is 13.1. The molecular weight excluding hydrogens is 431 g/mol. The summed E-state index contributed by atoms with van der Waals surface area (Å²) < 4.78 is 41.9. The second kappa shape index (κ2) is 8.69. The molecule has 0 aliphatic rings. The largest absolute Gasteiger partial charge is 0.406 e. The number of anilines is 1. The second-order valence-corrected chi connectivity index (χ2v) is 8.81. The van der Waals surface area contributed by atoms with Crippen LogP contribution in [0.4, 0.5) is 19.0 Å². The molecule has 3 aromatic rings. The summed E-state index contributed by atoms with van der Waals surface area (Å²) >= 11 is 0.881. The number of rotatable bonds is 6. The molecule has 0 aliphatic heterocycles. The monoisotopic (exact) mass is 453 g/mol. The number of nitrogens with zero attached hydrogens (tertiary/aromatic N) is 6. The van der Waals surface area contributed by atoms with E-state index >= 15 is 0 Å². The number of carbonyl (C=O) groups is 1. The molecule has 166 valence electrons. The summed E-state index contributed by atoms with van der Waals surface area (Å²) in [6.07, 6.45) is -1.55. The van der Waals surface area contributed by atoms with E-state index in [1.54, 1.807) is 29.9 Å². The van der Waals surface area contributed by atoms with Crippen molar-refractivity contribution >= 4 is 23.5 Å². The molecule has 0 saturated carbocycles. The number of pyridine rings is 1. The number of carbonyl (C=O) groups excluding carboxylic acids is 1. The first kappa shape index (κ1) is 22.8. The zero-order chi connectivity index (χ0) is 22.8. The van der Waals surface area contributed by atoms with Crippen LogP contribution in [0, 0.1) is 0 Å². The zero-order valence-corrected chi connectivity index (χ0v) is 18.3. The third-order valence-electron chi connectivity index (χ3n) is 4.24. The van der Waals surface area contributed by atoms with Crippen molar-refractivity contribution in [1.82, 2.24) is 29.5 Å². The van der Waals surface area contributed by atoms with Crippen LogP contribution in [0.3, 0.4) is 0 Å². The predicted molar refractivity (Wildman–Crippen MR) is 111 cm³/mol. The van der Waals surface area contributed by atoms with E-state index in [1.165, 1.54) is 12.4 Å². The van der Waals surface area contributed by atoms with E-state index in [4.69, 9.17) is 0 Å². The molecule has 0 aliphatic carbocycles. The maximum Gasteiger partial charge on any atom is 0.406 e. The fourth-order valence-electron chi connectivity index (χ4n) is 2.69. The lowest BCUT2D eigenvalue weighted by Crippen LogP contribution is -2.20. The van der Waals surface area contributed by atoms with Gasteiger partial charge < -0.3 is 5.32 Å². The zero-order valence-electron chi connectivity index (χ0n) is 17.4. The van der Waals surface area contributed by atoms with Gasteiger partial charge in [0.1, 0.15) is 12.4 Å². The van der Waals surface area contributed by atoms with E-state index in [0.29, 0.717) is 11.4 Å². The van der Waals surface area contributed by atoms with Crippen LogP contribution in [0.25, 0.3) is 11.4 Å². The fraction of sp³-hybridized carbons (Fsp3) is 0.421. The number of hydrogen-bond donors (Lipinski definition) is 1. The Morgan fingerprint density at radius 3 is 2.42 bits per heavy atom. The van der Waals surface area contributed by atoms with Gasteiger partial charge in [0.2, 0.25) is 5.91 Å². The lowest BCUT2D eigenvalue weighted by molar-refractivity contribution is -0.141. The van der Waals surface area contributed by atoms with Crippen molar-refractivity contribution < 1.29 is 18.0 Å². The lowest BCUT2D eigenvalue weighted by atomic mass is 9.92. The molecule has 8 nitrogen and oxygen atoms in total. The summed E-state index contributed by atoms with van der Waals surface area (Å²) in [4.78, 5) is 16.3. The molecule has 0 spiro atoms. The molecule has 1 amide bonds. The third kappa shape index (κ3) is 5.84. The average molecular weight is 453 g/mol. The standard InChI is InChI=1S/C19H22F3N7OS/c1-18(2,3)13-9-14(28(4)27-13)24-15(30)10-31-17-26-25-16(12-5-7-23-8-6-12)29(17)11-19(20,21)22/h5-9H,10-11H2,1-4H3,(H,24,30). The van der Waals surface area contributed by atoms with E-state index in [2.05, 4.69) is 25.6 Å². The highest BCUT2D eigenvalue weighted by molar-refractivity contribution is 7.99. The number of halogens is 3. The van der Waals surface area contributed by atoms with E-state index in [1.807, 2.05) is 20.8 Å². The molecule has 0 atom stereocenters. The van der Waals surface area contributed by atoms with Crippen molar-refractivity contribution in [3.05, 3.63) is 36.3 Å². The topological polar surface area (TPSA) is 90.5 Å². The van der Waals surface area contributed by atoms with E-state index in [-0.39, 0.29) is 28.1 Å². The van der Waals surface area contributed by atoms with E-state index in [0.717, 1.165) is 22.0 Å². The Hall–Kier alpha value is -2.89. The first-order valence-corrected chi connectivity index (χ1v) is 10.3. The summed E-state index contributed by atoms with van der Waals surface area (Å²) in [6.45, 7) is 4.75. The number of nitrogens with one attached hydrogen (secondary N) is 1. The summed E-state index contributed by atoms with van der Waals surface area (Å²) in [5, 5.41) is 14.9. The quantitative estimate of drug-likeness (QED) is 0.573. The molecule has 3 aromatic heterocycles. The molecule has 1 N–H and O–H groups in total. The van der Waals surface area contributed by atoms with Gasteiger partial charge in [-0.25, -0.2) is 0 Å². The maximum absolute atomic E-state index is 13.1. The van der Waals surface area contributed by atoms with Crippen LogP contribution in [0.1, 0.15) is 26.5 Å². The van der Waals surface area contributed by atoms with Crippen molar-refractivity contribution in [3.8, 4) is 11.4 Å². The summed E-state index contributed by atoms with van der Waals surface area (Å²) in [6, 6.07) is 4.87. The molecular formula is C19H22F3N7OS. The predicted octanol–water partition coefficient (Wildman–Crippen LogP) is 3.66. The Morgan fingerprint density at radius 2 is 1.84 bits per heavy atom. The normalized spacial score (nSPS) is 12.2. The van der Waals surface area contributed by atoms with Gasteiger partial charge in [-0.05, 0) is 12.1 Å². The van der Waals surface area contributed by atoms with E-state index in [9.17, 15) is 18.0 Å². The highest BCUT2D eigenvalue weighted by Crippen LogP contribution is 2.28. The van der Waals surface area contributed by atoms with Gasteiger partial charge in [0.05, 0.1) is 11.4 Å². The smallest absolute Gasteiger partial charge is 0.310 e. The third-order valence-corrected chi connectivity index (χ3v) is 5.21. The van der Waals surface area contributed by atoms with Crippen LogP contribution in [0.15, 0.2) is 35.7 Å². The van der Waals surface area contributed by atoms with Crippen LogP contribution in [0.5, 0.6) is 0 Å². The minimum absolute atomic E-state index is 0.000302. The minimum atomic E-state index is -4.47. The van der Waals surface area contributed by atoms with Gasteiger partial charge in [0, 0.05) is 36.5 Å². The van der Waals surface area contributed by atoms with E-state index < -0.39 is 12.7 Å². The molecule has 31 heavy (non-hydrogen) atoms. The first-order valence-electron chi connectivity index (χ1n) is 9.31. The molecule has 12 heteroatoms. The molecule has 0 unspecified atom stereocenters. The van der Waals surface area contributed by atoms with Crippen molar-refractivity contribution in [1.29, 1.82) is 0 Å². The highest BCUT2D eigenvalue weighted by atomic mass is 32.2. The molecule has 3 rings (SSSR count). The van der Waals surface area contributed by atoms with Crippen LogP contribution >= 0.6 is 11.8 Å². The first-order chi connectivity index (χ1) is 14.4. The van der Waals surface area contributed by atoms with Crippen LogP contribution in [-0.4, -0.2) is 47.4 Å². The Labute approximate surface area is 181 Å². The van der Waals surface area contributed by atoms with Crippen molar-refractivity contribution in [3.63, 3.8) is 0 Å². The van der Waals surface area contributed by atoms with Gasteiger partial charge in [-0.2, -0.15) is 18.3 Å².